The van der Waals surface area contributed by atoms with Gasteiger partial charge in [-0.05, 0) is 77.4 Å². The van der Waals surface area contributed by atoms with Crippen LogP contribution in [0.25, 0.3) is 16.6 Å². The summed E-state index contributed by atoms with van der Waals surface area (Å²) in [4.78, 5) is 21.2. The predicted molar refractivity (Wildman–Crippen MR) is 143 cm³/mol. The minimum absolute atomic E-state index is 0.406. The molecule has 0 saturated carbocycles. The number of nitrogens with one attached hydrogen (secondary N) is 1. The zero-order valence-electron chi connectivity index (χ0n) is 22.0. The van der Waals surface area contributed by atoms with Gasteiger partial charge in [-0.1, -0.05) is 6.07 Å². The highest BCUT2D eigenvalue weighted by Crippen LogP contribution is 2.38. The van der Waals surface area contributed by atoms with E-state index in [0.717, 1.165) is 48.5 Å². The number of anilines is 3. The normalized spacial score (nSPS) is 16.4. The van der Waals surface area contributed by atoms with Crippen molar-refractivity contribution >= 4 is 28.9 Å². The second-order valence-electron chi connectivity index (χ2n) is 10.6. The van der Waals surface area contributed by atoms with Crippen LogP contribution in [0.1, 0.15) is 33.6 Å². The number of methoxy groups -OCH3 is 1. The molecule has 1 fully saturated rings. The monoisotopic (exact) mass is 495 g/mol. The van der Waals surface area contributed by atoms with Crippen LogP contribution in [0.15, 0.2) is 30.6 Å². The summed E-state index contributed by atoms with van der Waals surface area (Å²) >= 11 is 0. The number of benzene rings is 1. The summed E-state index contributed by atoms with van der Waals surface area (Å²) in [5, 5.41) is 7.32. The number of hydrogen-bond acceptors (Lipinski definition) is 8. The van der Waals surface area contributed by atoms with Crippen LogP contribution in [0.2, 0.25) is 0 Å². The Balaban J connectivity index is 1.70. The van der Waals surface area contributed by atoms with E-state index in [1.54, 1.807) is 13.2 Å². The van der Waals surface area contributed by atoms with Crippen molar-refractivity contribution < 1.29 is 14.3 Å². The number of carbonyl (C=O) groups excluding carboxylic acids is 1. The van der Waals surface area contributed by atoms with Crippen LogP contribution in [-0.2, 0) is 4.74 Å². The highest BCUT2D eigenvalue weighted by Gasteiger charge is 2.26. The van der Waals surface area contributed by atoms with Crippen LogP contribution in [0.5, 0.6) is 5.75 Å². The Bertz CT molecular complexity index is 1230. The van der Waals surface area contributed by atoms with Crippen molar-refractivity contribution in [3.8, 4) is 16.9 Å². The smallest absolute Gasteiger partial charge is 0.412 e. The van der Waals surface area contributed by atoms with Crippen LogP contribution in [0, 0.1) is 5.92 Å². The standard InChI is InChI=1S/C26H37N7O3/c1-26(2,3)36-25(34)30-20-10-9-18(12-21(20)35-6)19-13-22(33-23(19)24(27)28-16-29-33)32-11-7-8-17(15-32)14-31(4)5/h9-10,12-13,16-17H,7-8,11,14-15H2,1-6H3,(H,30,34)(H2,27,28,29)/t17-/m0/s1. The minimum Gasteiger partial charge on any atom is -0.495 e. The molecule has 1 aromatic carbocycles. The van der Waals surface area contributed by atoms with E-state index in [9.17, 15) is 4.79 Å². The number of ether oxygens (including phenoxy) is 2. The molecule has 3 heterocycles. The summed E-state index contributed by atoms with van der Waals surface area (Å²) in [5.74, 6) is 2.49. The van der Waals surface area contributed by atoms with Crippen molar-refractivity contribution in [2.24, 2.45) is 5.92 Å². The van der Waals surface area contributed by atoms with Gasteiger partial charge in [-0.15, -0.1) is 0 Å². The average Bonchev–Trinajstić information content (AvgIpc) is 3.19. The van der Waals surface area contributed by atoms with Gasteiger partial charge < -0.3 is 25.0 Å². The van der Waals surface area contributed by atoms with Crippen molar-refractivity contribution in [2.75, 3.05) is 56.8 Å². The molecule has 36 heavy (non-hydrogen) atoms. The van der Waals surface area contributed by atoms with Crippen LogP contribution < -0.4 is 20.7 Å². The lowest BCUT2D eigenvalue weighted by atomic mass is 9.97. The molecule has 1 aliphatic heterocycles. The molecular formula is C26H37N7O3. The van der Waals surface area contributed by atoms with Gasteiger partial charge in [0.1, 0.15) is 29.0 Å². The number of nitrogens with zero attached hydrogens (tertiary/aromatic N) is 5. The van der Waals surface area contributed by atoms with Gasteiger partial charge in [0.25, 0.3) is 0 Å². The number of amides is 1. The Morgan fingerprint density at radius 3 is 2.75 bits per heavy atom. The van der Waals surface area contributed by atoms with Gasteiger partial charge >= 0.3 is 6.09 Å². The molecule has 10 heteroatoms. The fourth-order valence-corrected chi connectivity index (χ4v) is 4.81. The minimum atomic E-state index is -0.601. The Morgan fingerprint density at radius 2 is 2.06 bits per heavy atom. The molecule has 2 aromatic heterocycles. The van der Waals surface area contributed by atoms with E-state index in [0.29, 0.717) is 23.2 Å². The fourth-order valence-electron chi connectivity index (χ4n) is 4.81. The maximum atomic E-state index is 12.3. The van der Waals surface area contributed by atoms with Gasteiger partial charge in [-0.25, -0.2) is 14.3 Å². The zero-order chi connectivity index (χ0) is 26.0. The second kappa shape index (κ2) is 10.2. The maximum absolute atomic E-state index is 12.3. The van der Waals surface area contributed by atoms with Gasteiger partial charge in [0, 0.05) is 25.2 Å². The molecule has 4 rings (SSSR count). The average molecular weight is 496 g/mol. The Hall–Kier alpha value is -3.53. The maximum Gasteiger partial charge on any atom is 0.412 e. The largest absolute Gasteiger partial charge is 0.495 e. The van der Waals surface area contributed by atoms with Crippen molar-refractivity contribution in [3.05, 3.63) is 30.6 Å². The van der Waals surface area contributed by atoms with Crippen LogP contribution in [0.3, 0.4) is 0 Å². The summed E-state index contributed by atoms with van der Waals surface area (Å²) in [6, 6.07) is 7.72. The van der Waals surface area contributed by atoms with E-state index in [1.807, 2.05) is 37.4 Å². The highest BCUT2D eigenvalue weighted by atomic mass is 16.6. The zero-order valence-corrected chi connectivity index (χ0v) is 22.0. The van der Waals surface area contributed by atoms with E-state index in [4.69, 9.17) is 15.2 Å². The van der Waals surface area contributed by atoms with E-state index in [2.05, 4.69) is 45.4 Å². The Labute approximate surface area is 212 Å². The number of aromatic nitrogens is 3. The number of rotatable bonds is 6. The van der Waals surface area contributed by atoms with Crippen molar-refractivity contribution in [1.82, 2.24) is 19.5 Å². The predicted octanol–water partition coefficient (Wildman–Crippen LogP) is 4.11. The molecule has 194 valence electrons. The summed E-state index contributed by atoms with van der Waals surface area (Å²) in [6.07, 6.45) is 3.29. The van der Waals surface area contributed by atoms with Crippen LogP contribution in [-0.4, -0.2) is 72.0 Å². The van der Waals surface area contributed by atoms with Crippen LogP contribution >= 0.6 is 0 Å². The van der Waals surface area contributed by atoms with Crippen molar-refractivity contribution in [3.63, 3.8) is 0 Å². The lowest BCUT2D eigenvalue weighted by molar-refractivity contribution is 0.0635. The Kier molecular flexibility index (Phi) is 7.26. The van der Waals surface area contributed by atoms with Crippen LogP contribution in [0.4, 0.5) is 22.1 Å². The molecule has 0 aliphatic carbocycles. The summed E-state index contributed by atoms with van der Waals surface area (Å²) in [5.41, 5.74) is 8.81. The first-order chi connectivity index (χ1) is 17.1. The third-order valence-electron chi connectivity index (χ3n) is 6.18. The molecule has 1 saturated heterocycles. The first-order valence-electron chi connectivity index (χ1n) is 12.3. The number of nitrogens with two attached hydrogens (primary N) is 1. The summed E-state index contributed by atoms with van der Waals surface area (Å²) in [7, 11) is 5.80. The van der Waals surface area contributed by atoms with E-state index < -0.39 is 11.7 Å². The van der Waals surface area contributed by atoms with Crippen molar-refractivity contribution in [2.45, 2.75) is 39.2 Å². The first-order valence-corrected chi connectivity index (χ1v) is 12.3. The molecular weight excluding hydrogens is 458 g/mol. The molecule has 0 radical (unpaired) electrons. The molecule has 1 aliphatic rings. The summed E-state index contributed by atoms with van der Waals surface area (Å²) < 4.78 is 12.9. The molecule has 0 unspecified atom stereocenters. The molecule has 1 amide bonds. The second-order valence-corrected chi connectivity index (χ2v) is 10.6. The quantitative estimate of drug-likeness (QED) is 0.526. The number of piperidine rings is 1. The SMILES string of the molecule is COc1cc(-c2cc(N3CCC[C@@H](CN(C)C)C3)n3ncnc(N)c23)ccc1NC(=O)OC(C)(C)C. The molecule has 3 N–H and O–H groups in total. The lowest BCUT2D eigenvalue weighted by Gasteiger charge is -2.35. The van der Waals surface area contributed by atoms with Gasteiger partial charge in [0.05, 0.1) is 12.8 Å². The Morgan fingerprint density at radius 1 is 1.28 bits per heavy atom. The van der Waals surface area contributed by atoms with E-state index >= 15 is 0 Å². The number of fused-ring (bicyclic) bond motifs is 1. The molecule has 3 aromatic rings. The first kappa shape index (κ1) is 25.6. The number of nitrogen functional groups attached to an aromatic ring is 1. The number of hydrogen-bond donors (Lipinski definition) is 2. The summed E-state index contributed by atoms with van der Waals surface area (Å²) in [6.45, 7) is 8.42. The third kappa shape index (κ3) is 5.64. The lowest BCUT2D eigenvalue weighted by Crippen LogP contribution is -2.40. The van der Waals surface area contributed by atoms with E-state index in [-0.39, 0.29) is 0 Å². The third-order valence-corrected chi connectivity index (χ3v) is 6.18. The molecule has 0 spiro atoms. The molecule has 1 atom stereocenters. The highest BCUT2D eigenvalue weighted by molar-refractivity contribution is 5.93. The number of carbonyl (C=O) groups is 1. The fraction of sp³-hybridized carbons (Fsp3) is 0.500. The van der Waals surface area contributed by atoms with Crippen molar-refractivity contribution in [1.29, 1.82) is 0 Å². The van der Waals surface area contributed by atoms with Gasteiger partial charge in [0.15, 0.2) is 5.82 Å². The molecule has 0 bridgehead atoms. The molecule has 10 nitrogen and oxygen atoms in total. The topological polar surface area (TPSA) is 110 Å². The van der Waals surface area contributed by atoms with Gasteiger partial charge in [-0.2, -0.15) is 5.10 Å². The van der Waals surface area contributed by atoms with E-state index in [1.165, 1.54) is 12.7 Å². The van der Waals surface area contributed by atoms with Gasteiger partial charge in [0.2, 0.25) is 0 Å². The van der Waals surface area contributed by atoms with Gasteiger partial charge in [-0.3, -0.25) is 5.32 Å².